The number of rotatable bonds is 6. The number of carbonyl (C=O) groups is 1. The fourth-order valence-electron chi connectivity index (χ4n) is 1.72. The molecule has 0 saturated heterocycles. The summed E-state index contributed by atoms with van der Waals surface area (Å²) in [6.07, 6.45) is 0.924. The Balaban J connectivity index is 2.49. The summed E-state index contributed by atoms with van der Waals surface area (Å²) < 4.78 is 0. The lowest BCUT2D eigenvalue weighted by atomic mass is 9.86. The molecule has 0 fully saturated rings. The van der Waals surface area contributed by atoms with Gasteiger partial charge in [0.1, 0.15) is 0 Å². The molecule has 1 aromatic carbocycles. The van der Waals surface area contributed by atoms with E-state index in [9.17, 15) is 9.90 Å². The highest BCUT2D eigenvalue weighted by atomic mass is 16.3. The van der Waals surface area contributed by atoms with Gasteiger partial charge in [0.15, 0.2) is 0 Å². The van der Waals surface area contributed by atoms with Gasteiger partial charge < -0.3 is 16.2 Å². The quantitative estimate of drug-likeness (QED) is 0.746. The third kappa shape index (κ3) is 4.62. The summed E-state index contributed by atoms with van der Waals surface area (Å²) >= 11 is 0. The number of amides is 1. The lowest BCUT2D eigenvalue weighted by molar-refractivity contribution is -0.126. The largest absolute Gasteiger partial charge is 0.388 e. The monoisotopic (exact) mass is 278 g/mol. The van der Waals surface area contributed by atoms with Crippen LogP contribution in [0.25, 0.3) is 0 Å². The molecule has 1 unspecified atom stereocenters. The SMILES string of the molecule is CC(C)(O)C(C)(C)NC(=O)CCC(N)c1ccccc1. The predicted octanol–water partition coefficient (Wildman–Crippen LogP) is 2.13. The van der Waals surface area contributed by atoms with Gasteiger partial charge >= 0.3 is 0 Å². The number of nitrogens with two attached hydrogens (primary N) is 1. The third-order valence-electron chi connectivity index (χ3n) is 3.89. The molecule has 0 aliphatic carbocycles. The average Bonchev–Trinajstić information content (AvgIpc) is 2.35. The molecule has 0 bridgehead atoms. The molecule has 1 amide bonds. The van der Waals surface area contributed by atoms with Crippen molar-refractivity contribution < 1.29 is 9.90 Å². The Kier molecular flexibility index (Phi) is 5.31. The van der Waals surface area contributed by atoms with Crippen molar-refractivity contribution >= 4 is 5.91 Å². The van der Waals surface area contributed by atoms with Crippen LogP contribution in [-0.2, 0) is 4.79 Å². The molecular formula is C16H26N2O2. The summed E-state index contributed by atoms with van der Waals surface area (Å²) in [5.41, 5.74) is 5.43. The van der Waals surface area contributed by atoms with E-state index in [-0.39, 0.29) is 11.9 Å². The molecule has 0 saturated carbocycles. The first-order valence-electron chi connectivity index (χ1n) is 6.97. The van der Waals surface area contributed by atoms with Crippen LogP contribution in [-0.4, -0.2) is 22.2 Å². The normalized spacial score (nSPS) is 13.9. The fourth-order valence-corrected chi connectivity index (χ4v) is 1.72. The van der Waals surface area contributed by atoms with Gasteiger partial charge in [-0.15, -0.1) is 0 Å². The highest BCUT2D eigenvalue weighted by molar-refractivity contribution is 5.76. The van der Waals surface area contributed by atoms with Crippen LogP contribution in [0.3, 0.4) is 0 Å². The molecule has 112 valence electrons. The molecule has 1 rings (SSSR count). The van der Waals surface area contributed by atoms with Crippen molar-refractivity contribution in [1.29, 1.82) is 0 Å². The van der Waals surface area contributed by atoms with Crippen molar-refractivity contribution in [2.24, 2.45) is 5.73 Å². The van der Waals surface area contributed by atoms with E-state index >= 15 is 0 Å². The van der Waals surface area contributed by atoms with Gasteiger partial charge in [0.25, 0.3) is 0 Å². The van der Waals surface area contributed by atoms with Gasteiger partial charge in [-0.05, 0) is 39.7 Å². The number of hydrogen-bond donors (Lipinski definition) is 3. The van der Waals surface area contributed by atoms with Crippen molar-refractivity contribution in [3.05, 3.63) is 35.9 Å². The molecule has 0 aliphatic rings. The minimum Gasteiger partial charge on any atom is -0.388 e. The highest BCUT2D eigenvalue weighted by Crippen LogP contribution is 2.21. The number of nitrogens with one attached hydrogen (secondary N) is 1. The van der Waals surface area contributed by atoms with Crippen LogP contribution in [0.2, 0.25) is 0 Å². The first-order valence-corrected chi connectivity index (χ1v) is 6.97. The number of aliphatic hydroxyl groups is 1. The number of benzene rings is 1. The van der Waals surface area contributed by atoms with Crippen LogP contribution in [0.4, 0.5) is 0 Å². The van der Waals surface area contributed by atoms with Gasteiger partial charge in [-0.2, -0.15) is 0 Å². The predicted molar refractivity (Wildman–Crippen MR) is 81.1 cm³/mol. The zero-order valence-electron chi connectivity index (χ0n) is 12.8. The van der Waals surface area contributed by atoms with Crippen molar-refractivity contribution in [2.45, 2.75) is 57.7 Å². The van der Waals surface area contributed by atoms with E-state index in [2.05, 4.69) is 5.32 Å². The van der Waals surface area contributed by atoms with E-state index in [4.69, 9.17) is 5.73 Å². The lowest BCUT2D eigenvalue weighted by Crippen LogP contribution is -2.57. The highest BCUT2D eigenvalue weighted by Gasteiger charge is 2.36. The molecule has 0 aromatic heterocycles. The molecule has 4 nitrogen and oxygen atoms in total. The van der Waals surface area contributed by atoms with Gasteiger partial charge in [0, 0.05) is 12.5 Å². The van der Waals surface area contributed by atoms with E-state index in [1.165, 1.54) is 0 Å². The number of hydrogen-bond acceptors (Lipinski definition) is 3. The Bertz CT molecular complexity index is 436. The Hall–Kier alpha value is -1.39. The molecular weight excluding hydrogens is 252 g/mol. The number of carbonyl (C=O) groups excluding carboxylic acids is 1. The first kappa shape index (κ1) is 16.7. The van der Waals surface area contributed by atoms with E-state index in [1.54, 1.807) is 13.8 Å². The molecule has 0 heterocycles. The topological polar surface area (TPSA) is 75.3 Å². The Labute approximate surface area is 121 Å². The van der Waals surface area contributed by atoms with E-state index in [0.717, 1.165) is 5.56 Å². The Morgan fingerprint density at radius 3 is 2.30 bits per heavy atom. The van der Waals surface area contributed by atoms with Gasteiger partial charge in [-0.3, -0.25) is 4.79 Å². The third-order valence-corrected chi connectivity index (χ3v) is 3.89. The van der Waals surface area contributed by atoms with Crippen molar-refractivity contribution in [3.8, 4) is 0 Å². The second kappa shape index (κ2) is 6.37. The van der Waals surface area contributed by atoms with Crippen LogP contribution >= 0.6 is 0 Å². The van der Waals surface area contributed by atoms with Crippen LogP contribution in [0.5, 0.6) is 0 Å². The van der Waals surface area contributed by atoms with E-state index in [0.29, 0.717) is 12.8 Å². The molecule has 0 aliphatic heterocycles. The summed E-state index contributed by atoms with van der Waals surface area (Å²) in [5, 5.41) is 12.9. The summed E-state index contributed by atoms with van der Waals surface area (Å²) in [4.78, 5) is 12.0. The molecule has 4 N–H and O–H groups in total. The summed E-state index contributed by atoms with van der Waals surface area (Å²) in [5.74, 6) is -0.0940. The molecule has 0 radical (unpaired) electrons. The first-order chi connectivity index (χ1) is 9.13. The Morgan fingerprint density at radius 2 is 1.80 bits per heavy atom. The minimum atomic E-state index is -0.982. The van der Waals surface area contributed by atoms with Gasteiger partial charge in [0.2, 0.25) is 5.91 Å². The van der Waals surface area contributed by atoms with Gasteiger partial charge in [0.05, 0.1) is 11.1 Å². The molecule has 4 heteroatoms. The maximum absolute atomic E-state index is 12.0. The zero-order chi connectivity index (χ0) is 15.4. The summed E-state index contributed by atoms with van der Waals surface area (Å²) in [6.45, 7) is 6.98. The average molecular weight is 278 g/mol. The second-order valence-corrected chi connectivity index (χ2v) is 6.29. The minimum absolute atomic E-state index is 0.0940. The second-order valence-electron chi connectivity index (χ2n) is 6.29. The van der Waals surface area contributed by atoms with Crippen LogP contribution in [0.15, 0.2) is 30.3 Å². The zero-order valence-corrected chi connectivity index (χ0v) is 12.8. The summed E-state index contributed by atoms with van der Waals surface area (Å²) in [7, 11) is 0. The van der Waals surface area contributed by atoms with E-state index < -0.39 is 11.1 Å². The van der Waals surface area contributed by atoms with Crippen LogP contribution in [0.1, 0.15) is 52.1 Å². The molecule has 1 atom stereocenters. The fraction of sp³-hybridized carbons (Fsp3) is 0.562. The standard InChI is InChI=1S/C16H26N2O2/c1-15(2,16(3,4)20)18-14(19)11-10-13(17)12-8-6-5-7-9-12/h5-9,13,20H,10-11,17H2,1-4H3,(H,18,19). The van der Waals surface area contributed by atoms with Gasteiger partial charge in [-0.1, -0.05) is 30.3 Å². The van der Waals surface area contributed by atoms with Crippen molar-refractivity contribution in [1.82, 2.24) is 5.32 Å². The molecule has 20 heavy (non-hydrogen) atoms. The Morgan fingerprint density at radius 1 is 1.25 bits per heavy atom. The van der Waals surface area contributed by atoms with Crippen LogP contribution in [0, 0.1) is 0 Å². The summed E-state index contributed by atoms with van der Waals surface area (Å²) in [6, 6.07) is 9.59. The smallest absolute Gasteiger partial charge is 0.220 e. The van der Waals surface area contributed by atoms with Crippen LogP contribution < -0.4 is 11.1 Å². The van der Waals surface area contributed by atoms with E-state index in [1.807, 2.05) is 44.2 Å². The lowest BCUT2D eigenvalue weighted by Gasteiger charge is -2.38. The maximum atomic E-state index is 12.0. The van der Waals surface area contributed by atoms with Gasteiger partial charge in [-0.25, -0.2) is 0 Å². The molecule has 0 spiro atoms. The maximum Gasteiger partial charge on any atom is 0.220 e. The van der Waals surface area contributed by atoms with Crippen molar-refractivity contribution in [3.63, 3.8) is 0 Å². The van der Waals surface area contributed by atoms with Crippen molar-refractivity contribution in [2.75, 3.05) is 0 Å². The molecule has 1 aromatic rings.